The zero-order chi connectivity index (χ0) is 16.9. The van der Waals surface area contributed by atoms with E-state index >= 15 is 0 Å². The van der Waals surface area contributed by atoms with Crippen LogP contribution in [0.2, 0.25) is 0 Å². The van der Waals surface area contributed by atoms with Crippen LogP contribution in [0, 0.1) is 11.3 Å². The zero-order valence-electron chi connectivity index (χ0n) is 11.8. The van der Waals surface area contributed by atoms with E-state index in [2.05, 4.69) is 5.32 Å². The van der Waals surface area contributed by atoms with Gasteiger partial charge in [-0.15, -0.1) is 0 Å². The number of benzene rings is 2. The first-order valence-corrected chi connectivity index (χ1v) is 7.85. The van der Waals surface area contributed by atoms with E-state index in [4.69, 9.17) is 14.6 Å². The molecule has 0 aromatic heterocycles. The molecule has 2 aromatic rings. The first-order valence-electron chi connectivity index (χ1n) is 6.41. The van der Waals surface area contributed by atoms with Gasteiger partial charge in [0.2, 0.25) is 5.91 Å². The molecule has 0 saturated heterocycles. The average Bonchev–Trinajstić information content (AvgIpc) is 2.49. The van der Waals surface area contributed by atoms with Gasteiger partial charge in [0.05, 0.1) is 16.7 Å². The number of anilines is 1. The van der Waals surface area contributed by atoms with Crippen LogP contribution in [0.15, 0.2) is 53.4 Å². The first kappa shape index (κ1) is 16.5. The summed E-state index contributed by atoms with van der Waals surface area (Å²) >= 11 is 0. The lowest BCUT2D eigenvalue weighted by Gasteiger charge is -2.12. The number of carbonyl (C=O) groups is 1. The number of nitrogens with one attached hydrogen (secondary N) is 1. The summed E-state index contributed by atoms with van der Waals surface area (Å²) in [6.07, 6.45) is -0.402. The minimum Gasteiger partial charge on any atom is -0.455 e. The number of rotatable bonds is 5. The molecule has 0 saturated carbocycles. The predicted molar refractivity (Wildman–Crippen MR) is 81.6 cm³/mol. The van der Waals surface area contributed by atoms with Crippen molar-refractivity contribution in [2.75, 3.05) is 5.32 Å². The second-order valence-corrected chi connectivity index (χ2v) is 5.85. The van der Waals surface area contributed by atoms with E-state index in [1.54, 1.807) is 36.4 Å². The SMILES string of the molecule is N#CCC(=O)Nc1cc(S(=O)(=O)O)ccc1Oc1ccccc1. The van der Waals surface area contributed by atoms with E-state index in [0.29, 0.717) is 5.75 Å². The minimum absolute atomic E-state index is 0.0317. The molecule has 0 heterocycles. The molecule has 7 nitrogen and oxygen atoms in total. The van der Waals surface area contributed by atoms with Crippen molar-refractivity contribution in [1.82, 2.24) is 0 Å². The lowest BCUT2D eigenvalue weighted by Crippen LogP contribution is -2.12. The number of carbonyl (C=O) groups excluding carboxylic acids is 1. The highest BCUT2D eigenvalue weighted by Crippen LogP contribution is 2.31. The van der Waals surface area contributed by atoms with Gasteiger partial charge in [0.1, 0.15) is 12.2 Å². The van der Waals surface area contributed by atoms with Crippen LogP contribution in [-0.2, 0) is 14.9 Å². The third-order valence-electron chi connectivity index (χ3n) is 2.73. The summed E-state index contributed by atoms with van der Waals surface area (Å²) in [6, 6.07) is 13.8. The molecule has 2 N–H and O–H groups in total. The summed E-state index contributed by atoms with van der Waals surface area (Å²) in [6.45, 7) is 0. The number of nitriles is 1. The smallest absolute Gasteiger partial charge is 0.294 e. The van der Waals surface area contributed by atoms with Gasteiger partial charge in [-0.2, -0.15) is 13.7 Å². The summed E-state index contributed by atoms with van der Waals surface area (Å²) in [4.78, 5) is 11.2. The molecule has 0 aliphatic carbocycles. The summed E-state index contributed by atoms with van der Waals surface area (Å²) in [5.41, 5.74) is 0.0317. The number of hydrogen-bond acceptors (Lipinski definition) is 5. The Morgan fingerprint density at radius 3 is 2.52 bits per heavy atom. The second kappa shape index (κ2) is 6.91. The lowest BCUT2D eigenvalue weighted by atomic mass is 10.2. The molecule has 2 rings (SSSR count). The molecule has 8 heteroatoms. The maximum atomic E-state index is 11.6. The Bertz CT molecular complexity index is 857. The van der Waals surface area contributed by atoms with Crippen LogP contribution in [0.1, 0.15) is 6.42 Å². The van der Waals surface area contributed by atoms with Gasteiger partial charge in [-0.05, 0) is 30.3 Å². The van der Waals surface area contributed by atoms with Crippen LogP contribution in [0.4, 0.5) is 5.69 Å². The Labute approximate surface area is 132 Å². The van der Waals surface area contributed by atoms with Gasteiger partial charge in [-0.3, -0.25) is 9.35 Å². The molecule has 0 atom stereocenters. The molecular weight excluding hydrogens is 320 g/mol. The number of para-hydroxylation sites is 1. The largest absolute Gasteiger partial charge is 0.455 e. The number of amides is 1. The number of hydrogen-bond donors (Lipinski definition) is 2. The van der Waals surface area contributed by atoms with Crippen LogP contribution in [-0.4, -0.2) is 18.9 Å². The highest BCUT2D eigenvalue weighted by Gasteiger charge is 2.15. The van der Waals surface area contributed by atoms with Gasteiger partial charge in [0, 0.05) is 0 Å². The van der Waals surface area contributed by atoms with Crippen molar-refractivity contribution in [3.63, 3.8) is 0 Å². The fraction of sp³-hybridized carbons (Fsp3) is 0.0667. The maximum Gasteiger partial charge on any atom is 0.294 e. The molecular formula is C15H12N2O5S. The normalized spacial score (nSPS) is 10.6. The van der Waals surface area contributed by atoms with Crippen LogP contribution in [0.25, 0.3) is 0 Å². The minimum atomic E-state index is -4.43. The topological polar surface area (TPSA) is 116 Å². The molecule has 1 amide bonds. The molecule has 0 bridgehead atoms. The van der Waals surface area contributed by atoms with E-state index < -0.39 is 27.3 Å². The highest BCUT2D eigenvalue weighted by atomic mass is 32.2. The van der Waals surface area contributed by atoms with E-state index in [1.807, 2.05) is 0 Å². The average molecular weight is 332 g/mol. The van der Waals surface area contributed by atoms with Crippen LogP contribution in [0.5, 0.6) is 11.5 Å². The fourth-order valence-corrected chi connectivity index (χ4v) is 2.24. The second-order valence-electron chi connectivity index (χ2n) is 4.43. The van der Waals surface area contributed by atoms with E-state index in [0.717, 1.165) is 12.1 Å². The summed E-state index contributed by atoms with van der Waals surface area (Å²) in [5, 5.41) is 10.9. The first-order chi connectivity index (χ1) is 10.9. The van der Waals surface area contributed by atoms with Crippen molar-refractivity contribution in [2.45, 2.75) is 11.3 Å². The lowest BCUT2D eigenvalue weighted by molar-refractivity contribution is -0.115. The maximum absolute atomic E-state index is 11.6. The predicted octanol–water partition coefficient (Wildman–Crippen LogP) is 2.58. The quantitative estimate of drug-likeness (QED) is 0.813. The van der Waals surface area contributed by atoms with E-state index in [9.17, 15) is 13.2 Å². The molecule has 0 unspecified atom stereocenters. The van der Waals surface area contributed by atoms with Crippen molar-refractivity contribution in [3.05, 3.63) is 48.5 Å². The molecule has 0 aliphatic heterocycles. The van der Waals surface area contributed by atoms with Gasteiger partial charge in [-0.25, -0.2) is 0 Å². The third kappa shape index (κ3) is 4.54. The summed E-state index contributed by atoms with van der Waals surface area (Å²) in [5.74, 6) is 0.0238. The molecule has 23 heavy (non-hydrogen) atoms. The van der Waals surface area contributed by atoms with Crippen molar-refractivity contribution in [2.24, 2.45) is 0 Å². The zero-order valence-corrected chi connectivity index (χ0v) is 12.6. The van der Waals surface area contributed by atoms with Crippen molar-refractivity contribution in [1.29, 1.82) is 5.26 Å². The van der Waals surface area contributed by atoms with Crippen LogP contribution < -0.4 is 10.1 Å². The van der Waals surface area contributed by atoms with Crippen molar-refractivity contribution < 1.29 is 22.5 Å². The number of nitrogens with zero attached hydrogens (tertiary/aromatic N) is 1. The van der Waals surface area contributed by atoms with Crippen LogP contribution in [0.3, 0.4) is 0 Å². The Hall–Kier alpha value is -2.89. The summed E-state index contributed by atoms with van der Waals surface area (Å²) in [7, 11) is -4.43. The molecule has 0 spiro atoms. The summed E-state index contributed by atoms with van der Waals surface area (Å²) < 4.78 is 37.1. The Morgan fingerprint density at radius 2 is 1.91 bits per heavy atom. The van der Waals surface area contributed by atoms with Gasteiger partial charge < -0.3 is 10.1 Å². The van der Waals surface area contributed by atoms with Gasteiger partial charge >= 0.3 is 0 Å². The monoisotopic (exact) mass is 332 g/mol. The standard InChI is InChI=1S/C15H12N2O5S/c16-9-8-15(18)17-13-10-12(23(19,20)21)6-7-14(13)22-11-4-2-1-3-5-11/h1-7,10H,8H2,(H,17,18)(H,19,20,21). The Balaban J connectivity index is 2.40. The molecule has 0 fully saturated rings. The van der Waals surface area contributed by atoms with Crippen molar-refractivity contribution >= 4 is 21.7 Å². The van der Waals surface area contributed by atoms with Crippen LogP contribution >= 0.6 is 0 Å². The van der Waals surface area contributed by atoms with Crippen molar-refractivity contribution in [3.8, 4) is 17.6 Å². The third-order valence-corrected chi connectivity index (χ3v) is 3.58. The molecule has 0 aliphatic rings. The van der Waals surface area contributed by atoms with Gasteiger partial charge in [0.25, 0.3) is 10.1 Å². The molecule has 2 aromatic carbocycles. The Kier molecular flexibility index (Phi) is 4.95. The van der Waals surface area contributed by atoms with E-state index in [1.165, 1.54) is 6.07 Å². The Morgan fingerprint density at radius 1 is 1.22 bits per heavy atom. The van der Waals surface area contributed by atoms with E-state index in [-0.39, 0.29) is 11.4 Å². The highest BCUT2D eigenvalue weighted by molar-refractivity contribution is 7.85. The fourth-order valence-electron chi connectivity index (χ4n) is 1.74. The number of ether oxygens (including phenoxy) is 1. The van der Waals surface area contributed by atoms with Gasteiger partial charge in [0.15, 0.2) is 5.75 Å². The molecule has 118 valence electrons. The van der Waals surface area contributed by atoms with Gasteiger partial charge in [-0.1, -0.05) is 18.2 Å². The molecule has 0 radical (unpaired) electrons.